The molecule has 0 aromatic heterocycles. The molecule has 0 saturated heterocycles. The van der Waals surface area contributed by atoms with Crippen LogP contribution in [0.25, 0.3) is 0 Å². The molecule has 1 aromatic rings. The van der Waals surface area contributed by atoms with Crippen LogP contribution in [0.1, 0.15) is 51.0 Å². The molecule has 7 heteroatoms. The molecule has 174 valence electrons. The highest BCUT2D eigenvalue weighted by atomic mass is 16.2. The summed E-state index contributed by atoms with van der Waals surface area (Å²) in [5, 5.41) is 5.49. The Kier molecular flexibility index (Phi) is 8.45. The molecule has 3 rings (SSSR count). The second-order valence-corrected chi connectivity index (χ2v) is 9.09. The lowest BCUT2D eigenvalue weighted by atomic mass is 9.83. The van der Waals surface area contributed by atoms with Crippen LogP contribution in [-0.4, -0.2) is 53.8 Å². The fourth-order valence-corrected chi connectivity index (χ4v) is 4.69. The number of hydrogen-bond donors (Lipinski definition) is 3. The van der Waals surface area contributed by atoms with Crippen molar-refractivity contribution in [2.24, 2.45) is 11.7 Å². The molecule has 0 spiro atoms. The van der Waals surface area contributed by atoms with Gasteiger partial charge >= 0.3 is 0 Å². The summed E-state index contributed by atoms with van der Waals surface area (Å²) in [5.41, 5.74) is 6.97. The van der Waals surface area contributed by atoms with Crippen LogP contribution in [0.3, 0.4) is 0 Å². The molecule has 1 fully saturated rings. The fraction of sp³-hybridized carbons (Fsp3) is 0.560. The minimum absolute atomic E-state index is 0.0813. The predicted octanol–water partition coefficient (Wildman–Crippen LogP) is 1.91. The minimum atomic E-state index is -0.788. The molecule has 0 bridgehead atoms. The third-order valence-corrected chi connectivity index (χ3v) is 6.63. The van der Waals surface area contributed by atoms with Crippen LogP contribution in [-0.2, 0) is 20.8 Å². The van der Waals surface area contributed by atoms with Gasteiger partial charge in [0, 0.05) is 7.05 Å². The zero-order chi connectivity index (χ0) is 23.1. The summed E-state index contributed by atoms with van der Waals surface area (Å²) in [6.07, 6.45) is 10.9. The summed E-state index contributed by atoms with van der Waals surface area (Å²) >= 11 is 0. The molecule has 1 aliphatic heterocycles. The van der Waals surface area contributed by atoms with Gasteiger partial charge in [-0.3, -0.25) is 14.4 Å². The number of hydrogen-bond acceptors (Lipinski definition) is 4. The van der Waals surface area contributed by atoms with Crippen LogP contribution in [0.4, 0.5) is 0 Å². The average Bonchev–Trinajstić information content (AvgIpc) is 2.94. The molecule has 1 saturated carbocycles. The number of nitrogens with one attached hydrogen (secondary N) is 2. The van der Waals surface area contributed by atoms with Crippen molar-refractivity contribution in [1.82, 2.24) is 15.5 Å². The highest BCUT2D eigenvalue weighted by Gasteiger charge is 2.34. The standard InChI is InChI=1S/C25H36N4O3/c1-17(27-24(31)20(26)16-18-10-5-3-6-11-18)23(30)28-21-14-9-15-22(29(2)25(21)32)19-12-7-4-8-13-19/h3,5-6,9-11,15,17,19-22H,4,7-8,12-14,16,26H2,1-2H3,(H,27,31)(H,28,30)/t17-,20-,21-,22+/m0/s1. The Morgan fingerprint density at radius 1 is 1.12 bits per heavy atom. The average molecular weight is 441 g/mol. The Balaban J connectivity index is 1.52. The number of rotatable bonds is 7. The van der Waals surface area contributed by atoms with E-state index in [-0.39, 0.29) is 17.9 Å². The van der Waals surface area contributed by atoms with Gasteiger partial charge in [-0.05, 0) is 44.1 Å². The van der Waals surface area contributed by atoms with Gasteiger partial charge in [0.1, 0.15) is 12.1 Å². The number of likely N-dealkylation sites (N-methyl/N-ethyl adjacent to an activating group) is 1. The molecule has 1 aromatic carbocycles. The van der Waals surface area contributed by atoms with E-state index >= 15 is 0 Å². The summed E-state index contributed by atoms with van der Waals surface area (Å²) in [4.78, 5) is 40.0. The Morgan fingerprint density at radius 2 is 1.81 bits per heavy atom. The quantitative estimate of drug-likeness (QED) is 0.563. The highest BCUT2D eigenvalue weighted by molar-refractivity contribution is 5.93. The van der Waals surface area contributed by atoms with Crippen LogP contribution >= 0.6 is 0 Å². The Labute approximate surface area is 190 Å². The molecule has 7 nitrogen and oxygen atoms in total. The molecule has 4 N–H and O–H groups in total. The minimum Gasteiger partial charge on any atom is -0.343 e. The highest BCUT2D eigenvalue weighted by Crippen LogP contribution is 2.30. The zero-order valence-electron chi connectivity index (χ0n) is 19.1. The monoisotopic (exact) mass is 440 g/mol. The van der Waals surface area contributed by atoms with E-state index in [1.807, 2.05) is 43.5 Å². The lowest BCUT2D eigenvalue weighted by Gasteiger charge is -2.35. The van der Waals surface area contributed by atoms with E-state index in [0.29, 0.717) is 18.8 Å². The third-order valence-electron chi connectivity index (χ3n) is 6.63. The number of nitrogens with zero attached hydrogens (tertiary/aromatic N) is 1. The van der Waals surface area contributed by atoms with Crippen LogP contribution in [0.15, 0.2) is 42.5 Å². The number of amides is 3. The topological polar surface area (TPSA) is 105 Å². The van der Waals surface area contributed by atoms with Crippen LogP contribution < -0.4 is 16.4 Å². The Bertz CT molecular complexity index is 820. The largest absolute Gasteiger partial charge is 0.343 e. The van der Waals surface area contributed by atoms with Crippen molar-refractivity contribution in [3.8, 4) is 0 Å². The van der Waals surface area contributed by atoms with Crippen LogP contribution in [0, 0.1) is 5.92 Å². The lowest BCUT2D eigenvalue weighted by molar-refractivity contribution is -0.137. The Hall–Kier alpha value is -2.67. The molecule has 3 amide bonds. The van der Waals surface area contributed by atoms with E-state index in [4.69, 9.17) is 5.73 Å². The molecule has 32 heavy (non-hydrogen) atoms. The molecule has 1 aliphatic carbocycles. The number of nitrogens with two attached hydrogens (primary N) is 1. The molecule has 0 unspecified atom stereocenters. The first kappa shape index (κ1) is 24.0. The summed E-state index contributed by atoms with van der Waals surface area (Å²) in [6.45, 7) is 1.61. The van der Waals surface area contributed by atoms with Crippen molar-refractivity contribution in [3.63, 3.8) is 0 Å². The predicted molar refractivity (Wildman–Crippen MR) is 125 cm³/mol. The normalized spacial score (nSPS) is 23.8. The van der Waals surface area contributed by atoms with Gasteiger partial charge in [0.15, 0.2) is 0 Å². The molecular formula is C25H36N4O3. The summed E-state index contributed by atoms with van der Waals surface area (Å²) in [5.74, 6) is -0.384. The van der Waals surface area contributed by atoms with Gasteiger partial charge in [-0.1, -0.05) is 61.7 Å². The van der Waals surface area contributed by atoms with Gasteiger partial charge < -0.3 is 21.3 Å². The van der Waals surface area contributed by atoms with Crippen LogP contribution in [0.2, 0.25) is 0 Å². The second kappa shape index (κ2) is 11.3. The molecule has 0 radical (unpaired) electrons. The molecule has 1 heterocycles. The fourth-order valence-electron chi connectivity index (χ4n) is 4.69. The van der Waals surface area contributed by atoms with Crippen LogP contribution in [0.5, 0.6) is 0 Å². The van der Waals surface area contributed by atoms with Crippen molar-refractivity contribution in [3.05, 3.63) is 48.0 Å². The number of benzene rings is 1. The van der Waals surface area contributed by atoms with Gasteiger partial charge in [0.05, 0.1) is 12.1 Å². The zero-order valence-corrected chi connectivity index (χ0v) is 19.1. The molecular weight excluding hydrogens is 404 g/mol. The van der Waals surface area contributed by atoms with E-state index in [2.05, 4.69) is 16.7 Å². The van der Waals surface area contributed by atoms with Crippen molar-refractivity contribution in [2.75, 3.05) is 7.05 Å². The third kappa shape index (κ3) is 6.19. The van der Waals surface area contributed by atoms with Gasteiger partial charge in [-0.2, -0.15) is 0 Å². The van der Waals surface area contributed by atoms with Gasteiger partial charge in [0.25, 0.3) is 0 Å². The summed E-state index contributed by atoms with van der Waals surface area (Å²) in [7, 11) is 1.82. The van der Waals surface area contributed by atoms with E-state index in [9.17, 15) is 14.4 Å². The lowest BCUT2D eigenvalue weighted by Crippen LogP contribution is -2.55. The van der Waals surface area contributed by atoms with Gasteiger partial charge in [-0.15, -0.1) is 0 Å². The van der Waals surface area contributed by atoms with E-state index in [0.717, 1.165) is 18.4 Å². The maximum atomic E-state index is 13.1. The maximum Gasteiger partial charge on any atom is 0.245 e. The van der Waals surface area contributed by atoms with E-state index in [1.165, 1.54) is 19.3 Å². The van der Waals surface area contributed by atoms with E-state index in [1.54, 1.807) is 11.8 Å². The molecule has 4 atom stereocenters. The van der Waals surface area contributed by atoms with Crippen molar-refractivity contribution >= 4 is 17.7 Å². The number of carbonyl (C=O) groups is 3. The van der Waals surface area contributed by atoms with Crippen molar-refractivity contribution in [1.29, 1.82) is 0 Å². The van der Waals surface area contributed by atoms with Crippen molar-refractivity contribution in [2.45, 2.75) is 76.0 Å². The van der Waals surface area contributed by atoms with Gasteiger partial charge in [-0.25, -0.2) is 0 Å². The number of carbonyl (C=O) groups excluding carboxylic acids is 3. The SMILES string of the molecule is C[C@H](NC(=O)[C@@H](N)Cc1ccccc1)C(=O)N[C@H]1CC=C[C@H](C2CCCCC2)N(C)C1=O. The Morgan fingerprint density at radius 3 is 2.50 bits per heavy atom. The second-order valence-electron chi connectivity index (χ2n) is 9.09. The smallest absolute Gasteiger partial charge is 0.245 e. The summed E-state index contributed by atoms with van der Waals surface area (Å²) in [6, 6.07) is 7.42. The first-order valence-electron chi connectivity index (χ1n) is 11.7. The van der Waals surface area contributed by atoms with Crippen molar-refractivity contribution < 1.29 is 14.4 Å². The van der Waals surface area contributed by atoms with Gasteiger partial charge in [0.2, 0.25) is 17.7 Å². The first-order chi connectivity index (χ1) is 15.4. The first-order valence-corrected chi connectivity index (χ1v) is 11.7. The van der Waals surface area contributed by atoms with E-state index < -0.39 is 24.0 Å². The maximum absolute atomic E-state index is 13.1. The molecule has 2 aliphatic rings. The summed E-state index contributed by atoms with van der Waals surface area (Å²) < 4.78 is 0.